The number of esters is 1. The molecule has 1 aromatic heterocycles. The van der Waals surface area contributed by atoms with Crippen LogP contribution in [0, 0.1) is 25.2 Å². The Morgan fingerprint density at radius 2 is 1.77 bits per heavy atom. The molecule has 0 saturated carbocycles. The van der Waals surface area contributed by atoms with Gasteiger partial charge in [0, 0.05) is 17.1 Å². The summed E-state index contributed by atoms with van der Waals surface area (Å²) in [6.45, 7) is 3.87. The van der Waals surface area contributed by atoms with Crippen molar-refractivity contribution >= 4 is 18.0 Å². The Morgan fingerprint density at radius 3 is 2.43 bits per heavy atom. The van der Waals surface area contributed by atoms with Crippen LogP contribution in [0.15, 0.2) is 66.2 Å². The van der Waals surface area contributed by atoms with Gasteiger partial charge in [-0.25, -0.2) is 4.79 Å². The Kier molecular flexibility index (Phi) is 8.68. The highest BCUT2D eigenvalue weighted by Gasteiger charge is 2.16. The van der Waals surface area contributed by atoms with Gasteiger partial charge in [-0.3, -0.25) is 4.79 Å². The van der Waals surface area contributed by atoms with E-state index in [1.807, 2.05) is 85.1 Å². The van der Waals surface area contributed by atoms with E-state index in [2.05, 4.69) is 5.32 Å². The van der Waals surface area contributed by atoms with Gasteiger partial charge in [0.25, 0.3) is 5.91 Å². The van der Waals surface area contributed by atoms with Crippen molar-refractivity contribution in [2.45, 2.75) is 13.8 Å². The number of para-hydroxylation sites is 1. The summed E-state index contributed by atoms with van der Waals surface area (Å²) in [5, 5.41) is 12.1. The van der Waals surface area contributed by atoms with Crippen molar-refractivity contribution < 1.29 is 23.8 Å². The zero-order chi connectivity index (χ0) is 25.2. The molecule has 1 amide bonds. The third-order valence-electron chi connectivity index (χ3n) is 5.21. The van der Waals surface area contributed by atoms with Gasteiger partial charge in [-0.05, 0) is 68.0 Å². The smallest absolute Gasteiger partial charge is 0.349 e. The maximum absolute atomic E-state index is 12.4. The lowest BCUT2D eigenvalue weighted by molar-refractivity contribution is -0.144. The summed E-state index contributed by atoms with van der Waals surface area (Å²) in [4.78, 5) is 24.4. The fourth-order valence-electron chi connectivity index (χ4n) is 3.49. The molecule has 0 aliphatic carbocycles. The molecule has 3 rings (SSSR count). The third-order valence-corrected chi connectivity index (χ3v) is 5.21. The van der Waals surface area contributed by atoms with Crippen LogP contribution in [0.4, 0.5) is 0 Å². The maximum Gasteiger partial charge on any atom is 0.349 e. The summed E-state index contributed by atoms with van der Waals surface area (Å²) in [6, 6.07) is 20.5. The third kappa shape index (κ3) is 6.74. The molecule has 0 atom stereocenters. The van der Waals surface area contributed by atoms with Crippen LogP contribution in [0.2, 0.25) is 0 Å². The standard InChI is InChI=1S/C27H27N3O5/c1-19-15-21(20(2)30(19)23-9-11-24(33-3)12-10-23)16-22(17-28)27(32)35-18-26(31)29-13-14-34-25-7-5-4-6-8-25/h4-12,15-16H,13-14,18H2,1-3H3,(H,29,31)/b22-16+. The maximum atomic E-state index is 12.4. The number of rotatable bonds is 10. The number of hydrogen-bond donors (Lipinski definition) is 1. The van der Waals surface area contributed by atoms with Crippen LogP contribution in [0.25, 0.3) is 11.8 Å². The SMILES string of the molecule is COc1ccc(-n2c(C)cc(/C=C(\C#N)C(=O)OCC(=O)NCCOc3ccccc3)c2C)cc1. The highest BCUT2D eigenvalue weighted by molar-refractivity contribution is 5.99. The molecule has 1 N–H and O–H groups in total. The van der Waals surface area contributed by atoms with Gasteiger partial charge in [-0.15, -0.1) is 0 Å². The molecule has 0 saturated heterocycles. The van der Waals surface area contributed by atoms with Crippen LogP contribution in [0.1, 0.15) is 17.0 Å². The van der Waals surface area contributed by atoms with Gasteiger partial charge in [0.15, 0.2) is 6.61 Å². The second-order valence-corrected chi connectivity index (χ2v) is 7.62. The number of nitrogens with one attached hydrogen (secondary N) is 1. The molecule has 1 heterocycles. The van der Waals surface area contributed by atoms with Gasteiger partial charge in [-0.2, -0.15) is 5.26 Å². The molecule has 0 radical (unpaired) electrons. The molecule has 0 unspecified atom stereocenters. The predicted molar refractivity (Wildman–Crippen MR) is 131 cm³/mol. The van der Waals surface area contributed by atoms with Crippen LogP contribution >= 0.6 is 0 Å². The summed E-state index contributed by atoms with van der Waals surface area (Å²) in [6.07, 6.45) is 1.47. The molecule has 2 aromatic carbocycles. The summed E-state index contributed by atoms with van der Waals surface area (Å²) in [5.74, 6) is 0.101. The van der Waals surface area contributed by atoms with E-state index in [0.717, 1.165) is 22.8 Å². The Hall–Kier alpha value is -4.51. The van der Waals surface area contributed by atoms with E-state index in [1.54, 1.807) is 7.11 Å². The Morgan fingerprint density at radius 1 is 1.06 bits per heavy atom. The molecule has 3 aromatic rings. The Bertz CT molecular complexity index is 1240. The molecule has 35 heavy (non-hydrogen) atoms. The summed E-state index contributed by atoms with van der Waals surface area (Å²) < 4.78 is 17.7. The first-order chi connectivity index (χ1) is 16.9. The van der Waals surface area contributed by atoms with Crippen molar-refractivity contribution in [2.24, 2.45) is 0 Å². The molecule has 8 heteroatoms. The lowest BCUT2D eigenvalue weighted by atomic mass is 10.1. The molecule has 0 aliphatic rings. The van der Waals surface area contributed by atoms with E-state index in [9.17, 15) is 14.9 Å². The van der Waals surface area contributed by atoms with E-state index >= 15 is 0 Å². The second kappa shape index (κ2) is 12.1. The van der Waals surface area contributed by atoms with Crippen molar-refractivity contribution in [3.8, 4) is 23.3 Å². The number of benzene rings is 2. The van der Waals surface area contributed by atoms with Gasteiger partial charge < -0.3 is 24.1 Å². The minimum Gasteiger partial charge on any atom is -0.497 e. The monoisotopic (exact) mass is 473 g/mol. The molecular formula is C27H27N3O5. The van der Waals surface area contributed by atoms with E-state index in [0.29, 0.717) is 11.3 Å². The van der Waals surface area contributed by atoms with Crippen molar-refractivity contribution in [1.29, 1.82) is 5.26 Å². The number of carbonyl (C=O) groups excluding carboxylic acids is 2. The number of methoxy groups -OCH3 is 1. The van der Waals surface area contributed by atoms with E-state index in [-0.39, 0.29) is 18.7 Å². The van der Waals surface area contributed by atoms with Gasteiger partial charge >= 0.3 is 5.97 Å². The van der Waals surface area contributed by atoms with Crippen LogP contribution < -0.4 is 14.8 Å². The zero-order valence-electron chi connectivity index (χ0n) is 19.9. The summed E-state index contributed by atoms with van der Waals surface area (Å²) >= 11 is 0. The van der Waals surface area contributed by atoms with Gasteiger partial charge in [-0.1, -0.05) is 18.2 Å². The van der Waals surface area contributed by atoms with Gasteiger partial charge in [0.05, 0.1) is 13.7 Å². The fourth-order valence-corrected chi connectivity index (χ4v) is 3.49. The Labute approximate surface area is 204 Å². The highest BCUT2D eigenvalue weighted by Crippen LogP contribution is 2.24. The average Bonchev–Trinajstić information content (AvgIpc) is 3.16. The van der Waals surface area contributed by atoms with E-state index in [1.165, 1.54) is 6.08 Å². The average molecular weight is 474 g/mol. The Balaban J connectivity index is 1.57. The quantitative estimate of drug-likeness (QED) is 0.208. The zero-order valence-corrected chi connectivity index (χ0v) is 19.9. The van der Waals surface area contributed by atoms with Crippen LogP contribution in [0.5, 0.6) is 11.5 Å². The van der Waals surface area contributed by atoms with Crippen molar-refractivity contribution in [3.05, 3.63) is 83.2 Å². The van der Waals surface area contributed by atoms with E-state index < -0.39 is 18.5 Å². The molecule has 0 spiro atoms. The highest BCUT2D eigenvalue weighted by atomic mass is 16.5. The molecule has 0 bridgehead atoms. The van der Waals surface area contributed by atoms with Crippen LogP contribution in [-0.4, -0.2) is 43.3 Å². The van der Waals surface area contributed by atoms with Crippen molar-refractivity contribution in [2.75, 3.05) is 26.9 Å². The normalized spacial score (nSPS) is 10.9. The second-order valence-electron chi connectivity index (χ2n) is 7.62. The van der Waals surface area contributed by atoms with Crippen molar-refractivity contribution in [3.63, 3.8) is 0 Å². The lowest BCUT2D eigenvalue weighted by Gasteiger charge is -2.10. The first-order valence-electron chi connectivity index (χ1n) is 11.0. The molecule has 0 aliphatic heterocycles. The number of nitriles is 1. The van der Waals surface area contributed by atoms with Crippen molar-refractivity contribution in [1.82, 2.24) is 9.88 Å². The van der Waals surface area contributed by atoms with Crippen LogP contribution in [-0.2, 0) is 14.3 Å². The number of amides is 1. The van der Waals surface area contributed by atoms with E-state index in [4.69, 9.17) is 14.2 Å². The number of carbonyl (C=O) groups is 2. The summed E-state index contributed by atoms with van der Waals surface area (Å²) in [5.41, 5.74) is 3.22. The number of ether oxygens (including phenoxy) is 3. The number of aryl methyl sites for hydroxylation is 1. The molecular weight excluding hydrogens is 446 g/mol. The topological polar surface area (TPSA) is 103 Å². The number of hydrogen-bond acceptors (Lipinski definition) is 6. The fraction of sp³-hybridized carbons (Fsp3) is 0.222. The molecule has 0 fully saturated rings. The first-order valence-corrected chi connectivity index (χ1v) is 11.0. The largest absolute Gasteiger partial charge is 0.497 e. The predicted octanol–water partition coefficient (Wildman–Crippen LogP) is 3.75. The van der Waals surface area contributed by atoms with Gasteiger partial charge in [0.2, 0.25) is 0 Å². The van der Waals surface area contributed by atoms with Gasteiger partial charge in [0.1, 0.15) is 29.7 Å². The number of nitrogens with zero attached hydrogens (tertiary/aromatic N) is 2. The molecule has 180 valence electrons. The summed E-state index contributed by atoms with van der Waals surface area (Å²) in [7, 11) is 1.61. The minimum absolute atomic E-state index is 0.194. The first kappa shape index (κ1) is 25.1. The molecule has 8 nitrogen and oxygen atoms in total. The number of aromatic nitrogens is 1. The minimum atomic E-state index is -0.863. The lowest BCUT2D eigenvalue weighted by Crippen LogP contribution is -2.32. The van der Waals surface area contributed by atoms with Crippen LogP contribution in [0.3, 0.4) is 0 Å².